The second-order valence-electron chi connectivity index (χ2n) is 8.53. The van der Waals surface area contributed by atoms with Crippen LogP contribution in [0.15, 0.2) is 4.99 Å². The van der Waals surface area contributed by atoms with Crippen LogP contribution in [0.1, 0.15) is 79.1 Å². The Balaban J connectivity index is 0.00000392. The summed E-state index contributed by atoms with van der Waals surface area (Å²) >= 11 is 0. The number of piperidine rings is 1. The molecule has 0 aromatic rings. The molecular weight excluding hydrogens is 463 g/mol. The summed E-state index contributed by atoms with van der Waals surface area (Å²) in [6, 6.07) is 1.41. The Morgan fingerprint density at radius 2 is 1.75 bits per heavy atom. The summed E-state index contributed by atoms with van der Waals surface area (Å²) < 4.78 is 5.85. The first-order valence-electron chi connectivity index (χ1n) is 11.5. The molecule has 0 amide bonds. The molecule has 1 atom stereocenters. The van der Waals surface area contributed by atoms with Crippen LogP contribution in [0.5, 0.6) is 0 Å². The summed E-state index contributed by atoms with van der Waals surface area (Å²) in [5, 5.41) is 7.11. The molecule has 5 nitrogen and oxygen atoms in total. The minimum atomic E-state index is 0. The Labute approximate surface area is 190 Å². The maximum atomic E-state index is 5.85. The van der Waals surface area contributed by atoms with E-state index in [2.05, 4.69) is 43.2 Å². The summed E-state index contributed by atoms with van der Waals surface area (Å²) in [7, 11) is 0. The number of nitrogens with zero attached hydrogens (tertiary/aromatic N) is 2. The average Bonchev–Trinajstić information content (AvgIpc) is 2.68. The number of aliphatic imine (C=N–C) groups is 1. The number of hydrogen-bond acceptors (Lipinski definition) is 3. The first-order chi connectivity index (χ1) is 13.1. The predicted molar refractivity (Wildman–Crippen MR) is 131 cm³/mol. The van der Waals surface area contributed by atoms with Gasteiger partial charge in [-0.1, -0.05) is 33.1 Å². The van der Waals surface area contributed by atoms with E-state index >= 15 is 0 Å². The monoisotopic (exact) mass is 508 g/mol. The Morgan fingerprint density at radius 3 is 2.32 bits per heavy atom. The molecule has 1 saturated carbocycles. The molecule has 0 aromatic heterocycles. The molecule has 6 heteroatoms. The van der Waals surface area contributed by atoms with Gasteiger partial charge in [-0.2, -0.15) is 0 Å². The largest absolute Gasteiger partial charge is 0.378 e. The molecule has 1 aliphatic carbocycles. The van der Waals surface area contributed by atoms with Gasteiger partial charge in [0.25, 0.3) is 0 Å². The van der Waals surface area contributed by atoms with Crippen LogP contribution in [-0.2, 0) is 4.74 Å². The average molecular weight is 509 g/mol. The fourth-order valence-corrected chi connectivity index (χ4v) is 4.50. The van der Waals surface area contributed by atoms with Crippen LogP contribution >= 0.6 is 24.0 Å². The van der Waals surface area contributed by atoms with Crippen molar-refractivity contribution in [1.82, 2.24) is 15.5 Å². The zero-order valence-electron chi connectivity index (χ0n) is 18.7. The molecule has 2 N–H and O–H groups in total. The van der Waals surface area contributed by atoms with Crippen molar-refractivity contribution in [2.75, 3.05) is 32.8 Å². The third-order valence-corrected chi connectivity index (χ3v) is 6.11. The van der Waals surface area contributed by atoms with Gasteiger partial charge in [-0.25, -0.2) is 0 Å². The second kappa shape index (κ2) is 14.8. The van der Waals surface area contributed by atoms with Crippen molar-refractivity contribution >= 4 is 29.9 Å². The van der Waals surface area contributed by atoms with E-state index in [0.717, 1.165) is 38.1 Å². The number of ether oxygens (including phenoxy) is 1. The van der Waals surface area contributed by atoms with E-state index < -0.39 is 0 Å². The fraction of sp³-hybridized carbons (Fsp3) is 0.955. The summed E-state index contributed by atoms with van der Waals surface area (Å²) in [6.07, 6.45) is 10.9. The Kier molecular flexibility index (Phi) is 13.7. The SMILES string of the molecule is CCNC(=NCCC(OCC)C(C)C)NC1CCN(C2CCCCC2)CC1.I. The number of nitrogens with one attached hydrogen (secondary N) is 2. The predicted octanol–water partition coefficient (Wildman–Crippen LogP) is 4.41. The molecule has 1 unspecified atom stereocenters. The Bertz CT molecular complexity index is 419. The van der Waals surface area contributed by atoms with E-state index in [-0.39, 0.29) is 24.0 Å². The highest BCUT2D eigenvalue weighted by molar-refractivity contribution is 14.0. The van der Waals surface area contributed by atoms with Gasteiger partial charge in [0.2, 0.25) is 0 Å². The molecule has 1 saturated heterocycles. The van der Waals surface area contributed by atoms with E-state index in [1.165, 1.54) is 58.0 Å². The van der Waals surface area contributed by atoms with E-state index in [9.17, 15) is 0 Å². The quantitative estimate of drug-likeness (QED) is 0.275. The van der Waals surface area contributed by atoms with Gasteiger partial charge in [0.05, 0.1) is 6.10 Å². The van der Waals surface area contributed by atoms with Gasteiger partial charge in [-0.3, -0.25) is 4.99 Å². The highest BCUT2D eigenvalue weighted by Gasteiger charge is 2.26. The van der Waals surface area contributed by atoms with Crippen LogP contribution in [0.2, 0.25) is 0 Å². The lowest BCUT2D eigenvalue weighted by Crippen LogP contribution is -2.51. The van der Waals surface area contributed by atoms with Crippen LogP contribution in [-0.4, -0.2) is 61.8 Å². The summed E-state index contributed by atoms with van der Waals surface area (Å²) in [4.78, 5) is 7.57. The molecule has 1 aliphatic heterocycles. The molecule has 2 aliphatic rings. The minimum Gasteiger partial charge on any atom is -0.378 e. The number of guanidine groups is 1. The van der Waals surface area contributed by atoms with Crippen molar-refractivity contribution in [3.05, 3.63) is 0 Å². The molecule has 0 spiro atoms. The van der Waals surface area contributed by atoms with Crippen molar-refractivity contribution in [3.8, 4) is 0 Å². The molecular formula is C22H45IN4O. The summed E-state index contributed by atoms with van der Waals surface area (Å²) in [5.74, 6) is 1.52. The lowest BCUT2D eigenvalue weighted by atomic mass is 9.92. The topological polar surface area (TPSA) is 48.9 Å². The van der Waals surface area contributed by atoms with Gasteiger partial charge in [0, 0.05) is 44.9 Å². The van der Waals surface area contributed by atoms with Gasteiger partial charge in [0.15, 0.2) is 5.96 Å². The number of rotatable bonds is 9. The number of halogens is 1. The van der Waals surface area contributed by atoms with E-state index in [4.69, 9.17) is 9.73 Å². The van der Waals surface area contributed by atoms with Gasteiger partial charge in [-0.15, -0.1) is 24.0 Å². The highest BCUT2D eigenvalue weighted by atomic mass is 127. The molecule has 0 bridgehead atoms. The van der Waals surface area contributed by atoms with Crippen LogP contribution in [0.3, 0.4) is 0 Å². The normalized spacial score (nSPS) is 21.4. The van der Waals surface area contributed by atoms with Gasteiger partial charge >= 0.3 is 0 Å². The highest BCUT2D eigenvalue weighted by Crippen LogP contribution is 2.25. The molecule has 0 aromatic carbocycles. The van der Waals surface area contributed by atoms with Crippen molar-refractivity contribution in [1.29, 1.82) is 0 Å². The summed E-state index contributed by atoms with van der Waals surface area (Å²) in [6.45, 7) is 13.7. The maximum Gasteiger partial charge on any atom is 0.191 e. The Hall–Kier alpha value is -0.0800. The van der Waals surface area contributed by atoms with Crippen LogP contribution in [0.4, 0.5) is 0 Å². The number of likely N-dealkylation sites (tertiary alicyclic amines) is 1. The smallest absolute Gasteiger partial charge is 0.191 e. The fourth-order valence-electron chi connectivity index (χ4n) is 4.50. The van der Waals surface area contributed by atoms with Gasteiger partial charge in [0.1, 0.15) is 0 Å². The molecule has 28 heavy (non-hydrogen) atoms. The van der Waals surface area contributed by atoms with Crippen molar-refractivity contribution in [2.24, 2.45) is 10.9 Å². The van der Waals surface area contributed by atoms with Crippen molar-refractivity contribution in [3.63, 3.8) is 0 Å². The molecule has 2 rings (SSSR count). The first kappa shape index (κ1) is 26.0. The molecule has 2 fully saturated rings. The summed E-state index contributed by atoms with van der Waals surface area (Å²) in [5.41, 5.74) is 0. The maximum absolute atomic E-state index is 5.85. The van der Waals surface area contributed by atoms with Crippen LogP contribution in [0.25, 0.3) is 0 Å². The van der Waals surface area contributed by atoms with Crippen LogP contribution < -0.4 is 10.6 Å². The number of hydrogen-bond donors (Lipinski definition) is 2. The first-order valence-corrected chi connectivity index (χ1v) is 11.5. The molecule has 0 radical (unpaired) electrons. The Morgan fingerprint density at radius 1 is 1.07 bits per heavy atom. The second-order valence-corrected chi connectivity index (χ2v) is 8.53. The third kappa shape index (κ3) is 9.16. The molecule has 166 valence electrons. The lowest BCUT2D eigenvalue weighted by Gasteiger charge is -2.39. The molecule has 1 heterocycles. The van der Waals surface area contributed by atoms with Gasteiger partial charge < -0.3 is 20.3 Å². The van der Waals surface area contributed by atoms with Crippen molar-refractivity contribution in [2.45, 2.75) is 97.2 Å². The van der Waals surface area contributed by atoms with Crippen LogP contribution in [0, 0.1) is 5.92 Å². The van der Waals surface area contributed by atoms with Gasteiger partial charge in [-0.05, 0) is 51.9 Å². The standard InChI is InChI=1S/C22H44N4O.HI/c1-5-23-22(24-15-12-21(18(3)4)27-6-2)25-19-13-16-26(17-14-19)20-10-8-7-9-11-20;/h18-21H,5-17H2,1-4H3,(H2,23,24,25);1H. The minimum absolute atomic E-state index is 0. The zero-order valence-corrected chi connectivity index (χ0v) is 21.0. The lowest BCUT2D eigenvalue weighted by molar-refractivity contribution is 0.0266. The van der Waals surface area contributed by atoms with E-state index in [1.807, 2.05) is 0 Å². The van der Waals surface area contributed by atoms with E-state index in [0.29, 0.717) is 18.1 Å². The third-order valence-electron chi connectivity index (χ3n) is 6.11. The van der Waals surface area contributed by atoms with E-state index in [1.54, 1.807) is 0 Å². The van der Waals surface area contributed by atoms with Crippen molar-refractivity contribution < 1.29 is 4.74 Å². The zero-order chi connectivity index (χ0) is 19.5.